The second kappa shape index (κ2) is 8.80. The molecule has 0 aliphatic carbocycles. The van der Waals surface area contributed by atoms with Gasteiger partial charge in [-0.05, 0) is 36.2 Å². The molecular weight excluding hydrogens is 340 g/mol. The number of pyridine rings is 1. The Hall–Kier alpha value is -3.41. The second-order valence-corrected chi connectivity index (χ2v) is 6.18. The molecule has 0 spiro atoms. The van der Waals surface area contributed by atoms with Crippen LogP contribution in [0.2, 0.25) is 0 Å². The van der Waals surface area contributed by atoms with E-state index in [0.717, 1.165) is 40.7 Å². The Morgan fingerprint density at radius 2 is 1.89 bits per heavy atom. The SMILES string of the molecule is CCCC(Cc1ccc2ccccc2n1)=NN=Cc1ccc([N+](=O)[O-])cc1. The molecule has 0 bridgehead atoms. The van der Waals surface area contributed by atoms with Gasteiger partial charge in [0.25, 0.3) is 5.69 Å². The largest absolute Gasteiger partial charge is 0.269 e. The highest BCUT2D eigenvalue weighted by molar-refractivity contribution is 5.88. The van der Waals surface area contributed by atoms with E-state index in [1.54, 1.807) is 18.3 Å². The van der Waals surface area contributed by atoms with Crippen molar-refractivity contribution in [3.05, 3.63) is 82.0 Å². The Labute approximate surface area is 157 Å². The van der Waals surface area contributed by atoms with Crippen LogP contribution in [0.1, 0.15) is 31.0 Å². The molecule has 0 radical (unpaired) electrons. The highest BCUT2D eigenvalue weighted by atomic mass is 16.6. The minimum atomic E-state index is -0.422. The van der Waals surface area contributed by atoms with Crippen LogP contribution in [0.15, 0.2) is 70.9 Å². The normalized spacial score (nSPS) is 12.0. The summed E-state index contributed by atoms with van der Waals surface area (Å²) in [4.78, 5) is 15.0. The Kier molecular flexibility index (Phi) is 5.99. The number of nitrogens with zero attached hydrogens (tertiary/aromatic N) is 4. The van der Waals surface area contributed by atoms with Crippen molar-refractivity contribution in [1.82, 2.24) is 4.98 Å². The second-order valence-electron chi connectivity index (χ2n) is 6.18. The number of benzene rings is 2. The lowest BCUT2D eigenvalue weighted by Gasteiger charge is -2.05. The van der Waals surface area contributed by atoms with Gasteiger partial charge in [-0.15, -0.1) is 0 Å². The minimum absolute atomic E-state index is 0.0599. The zero-order valence-corrected chi connectivity index (χ0v) is 15.1. The summed E-state index contributed by atoms with van der Waals surface area (Å²) < 4.78 is 0. The first kappa shape index (κ1) is 18.4. The molecule has 0 amide bonds. The van der Waals surface area contributed by atoms with Gasteiger partial charge in [-0.1, -0.05) is 37.6 Å². The Morgan fingerprint density at radius 1 is 1.11 bits per heavy atom. The molecule has 0 fully saturated rings. The number of non-ortho nitro benzene ring substituents is 1. The summed E-state index contributed by atoms with van der Waals surface area (Å²) in [5.41, 5.74) is 3.72. The number of rotatable bonds is 7. The van der Waals surface area contributed by atoms with Crippen LogP contribution in [0, 0.1) is 10.1 Å². The van der Waals surface area contributed by atoms with Crippen molar-refractivity contribution in [3.8, 4) is 0 Å². The number of nitro groups is 1. The van der Waals surface area contributed by atoms with E-state index in [9.17, 15) is 10.1 Å². The molecule has 0 aliphatic heterocycles. The van der Waals surface area contributed by atoms with Crippen LogP contribution >= 0.6 is 0 Å². The molecule has 0 saturated heterocycles. The summed E-state index contributed by atoms with van der Waals surface area (Å²) in [5, 5.41) is 20.3. The van der Waals surface area contributed by atoms with Crippen molar-refractivity contribution in [2.45, 2.75) is 26.2 Å². The fraction of sp³-hybridized carbons (Fsp3) is 0.190. The van der Waals surface area contributed by atoms with Crippen molar-refractivity contribution in [1.29, 1.82) is 0 Å². The van der Waals surface area contributed by atoms with Gasteiger partial charge in [0.2, 0.25) is 0 Å². The highest BCUT2D eigenvalue weighted by Crippen LogP contribution is 2.14. The number of hydrogen-bond acceptors (Lipinski definition) is 5. The molecule has 136 valence electrons. The Balaban J connectivity index is 1.74. The van der Waals surface area contributed by atoms with E-state index in [1.165, 1.54) is 12.1 Å². The van der Waals surface area contributed by atoms with Gasteiger partial charge in [-0.25, -0.2) is 0 Å². The Bertz CT molecular complexity index is 994. The lowest BCUT2D eigenvalue weighted by atomic mass is 10.1. The summed E-state index contributed by atoms with van der Waals surface area (Å²) in [5.74, 6) is 0. The van der Waals surface area contributed by atoms with Crippen molar-refractivity contribution in [2.24, 2.45) is 10.2 Å². The fourth-order valence-electron chi connectivity index (χ4n) is 2.74. The van der Waals surface area contributed by atoms with E-state index >= 15 is 0 Å². The first-order valence-corrected chi connectivity index (χ1v) is 8.83. The van der Waals surface area contributed by atoms with Crippen molar-refractivity contribution < 1.29 is 4.92 Å². The topological polar surface area (TPSA) is 80.8 Å². The number of fused-ring (bicyclic) bond motifs is 1. The smallest absolute Gasteiger partial charge is 0.258 e. The van der Waals surface area contributed by atoms with Crippen LogP contribution < -0.4 is 0 Å². The summed E-state index contributed by atoms with van der Waals surface area (Å²) in [7, 11) is 0. The summed E-state index contributed by atoms with van der Waals surface area (Å²) in [6.07, 6.45) is 4.06. The number of para-hydroxylation sites is 1. The van der Waals surface area contributed by atoms with Gasteiger partial charge in [-0.3, -0.25) is 15.1 Å². The standard InChI is InChI=1S/C21H20N4O2/c1-2-5-19(14-18-11-10-17-6-3-4-7-21(17)23-18)24-22-15-16-8-12-20(13-9-16)25(26)27/h3-4,6-13,15H,2,5,14H2,1H3. The van der Waals surface area contributed by atoms with Gasteiger partial charge >= 0.3 is 0 Å². The molecule has 0 unspecified atom stereocenters. The molecule has 0 aliphatic rings. The van der Waals surface area contributed by atoms with Gasteiger partial charge < -0.3 is 0 Å². The highest BCUT2D eigenvalue weighted by Gasteiger charge is 2.05. The van der Waals surface area contributed by atoms with Gasteiger partial charge in [0, 0.05) is 35.3 Å². The molecular formula is C21H20N4O2. The number of nitro benzene ring substituents is 1. The molecule has 1 aromatic heterocycles. The van der Waals surface area contributed by atoms with Gasteiger partial charge in [-0.2, -0.15) is 10.2 Å². The van der Waals surface area contributed by atoms with E-state index in [-0.39, 0.29) is 5.69 Å². The lowest BCUT2D eigenvalue weighted by Crippen LogP contribution is -2.04. The number of hydrogen-bond donors (Lipinski definition) is 0. The van der Waals surface area contributed by atoms with Crippen LogP contribution in [0.5, 0.6) is 0 Å². The molecule has 6 nitrogen and oxygen atoms in total. The molecule has 2 aromatic carbocycles. The third-order valence-electron chi connectivity index (χ3n) is 4.09. The van der Waals surface area contributed by atoms with E-state index < -0.39 is 4.92 Å². The zero-order chi connectivity index (χ0) is 19.1. The van der Waals surface area contributed by atoms with E-state index in [4.69, 9.17) is 4.98 Å². The van der Waals surface area contributed by atoms with Crippen LogP contribution in [-0.2, 0) is 6.42 Å². The maximum atomic E-state index is 10.7. The summed E-state index contributed by atoms with van der Waals surface area (Å²) in [6.45, 7) is 2.10. The minimum Gasteiger partial charge on any atom is -0.258 e. The van der Waals surface area contributed by atoms with Crippen LogP contribution in [0.4, 0.5) is 5.69 Å². The molecule has 6 heteroatoms. The first-order chi connectivity index (χ1) is 13.2. The Morgan fingerprint density at radius 3 is 2.63 bits per heavy atom. The molecule has 27 heavy (non-hydrogen) atoms. The van der Waals surface area contributed by atoms with E-state index in [0.29, 0.717) is 6.42 Å². The van der Waals surface area contributed by atoms with Crippen LogP contribution in [0.3, 0.4) is 0 Å². The fourth-order valence-corrected chi connectivity index (χ4v) is 2.74. The third-order valence-corrected chi connectivity index (χ3v) is 4.09. The maximum absolute atomic E-state index is 10.7. The zero-order valence-electron chi connectivity index (χ0n) is 15.1. The summed E-state index contributed by atoms with van der Waals surface area (Å²) >= 11 is 0. The first-order valence-electron chi connectivity index (χ1n) is 8.83. The van der Waals surface area contributed by atoms with Crippen molar-refractivity contribution in [2.75, 3.05) is 0 Å². The molecule has 1 heterocycles. The van der Waals surface area contributed by atoms with Crippen LogP contribution in [0.25, 0.3) is 10.9 Å². The molecule has 3 aromatic rings. The third kappa shape index (κ3) is 5.04. The maximum Gasteiger partial charge on any atom is 0.269 e. The average molecular weight is 360 g/mol. The molecule has 0 atom stereocenters. The predicted octanol–water partition coefficient (Wildman–Crippen LogP) is 4.96. The van der Waals surface area contributed by atoms with Gasteiger partial charge in [0.1, 0.15) is 0 Å². The molecule has 3 rings (SSSR count). The van der Waals surface area contributed by atoms with Crippen molar-refractivity contribution >= 4 is 28.5 Å². The van der Waals surface area contributed by atoms with Crippen LogP contribution in [-0.4, -0.2) is 21.8 Å². The van der Waals surface area contributed by atoms with E-state index in [1.807, 2.05) is 30.3 Å². The molecule has 0 N–H and O–H groups in total. The van der Waals surface area contributed by atoms with Crippen molar-refractivity contribution in [3.63, 3.8) is 0 Å². The van der Waals surface area contributed by atoms with Gasteiger partial charge in [0.15, 0.2) is 0 Å². The van der Waals surface area contributed by atoms with E-state index in [2.05, 4.69) is 23.2 Å². The van der Waals surface area contributed by atoms with Gasteiger partial charge in [0.05, 0.1) is 16.7 Å². The quantitative estimate of drug-likeness (QED) is 0.339. The number of aromatic nitrogens is 1. The molecule has 0 saturated carbocycles. The predicted molar refractivity (Wildman–Crippen MR) is 108 cm³/mol. The average Bonchev–Trinajstić information content (AvgIpc) is 2.68. The monoisotopic (exact) mass is 360 g/mol. The lowest BCUT2D eigenvalue weighted by molar-refractivity contribution is -0.384. The summed E-state index contributed by atoms with van der Waals surface area (Å²) in [6, 6.07) is 18.3.